The van der Waals surface area contributed by atoms with Crippen LogP contribution >= 0.6 is 0 Å². The first-order valence-corrected chi connectivity index (χ1v) is 12.3. The molecule has 1 saturated heterocycles. The molecule has 0 radical (unpaired) electrons. The second-order valence-electron chi connectivity index (χ2n) is 9.44. The molecule has 4 atom stereocenters. The third-order valence-electron chi connectivity index (χ3n) is 6.15. The standard InChI is InChI=1S/C25H38N6O5/c1-5-17-21(33)30-19(16-9-7-6-8-10-16)23(35)27-14-12-25(4,31-20(32)15(2)3)24(36)29-18(11-13-26)22(34)28-17/h6-10,15,17-19H,5,11-14,26H2,1-4H3,(H,27,35)(H,28,34)(H,29,36)(H,30,33)(H,31,32)/t17-,18-,19+,25+/m0/s1. The zero-order valence-corrected chi connectivity index (χ0v) is 21.4. The number of rotatable bonds is 6. The van der Waals surface area contributed by atoms with Gasteiger partial charge in [-0.1, -0.05) is 51.1 Å². The Morgan fingerprint density at radius 2 is 1.67 bits per heavy atom. The molecule has 36 heavy (non-hydrogen) atoms. The number of carbonyl (C=O) groups is 5. The van der Waals surface area contributed by atoms with E-state index >= 15 is 0 Å². The Kier molecular flexibility index (Phi) is 10.4. The largest absolute Gasteiger partial charge is 0.354 e. The zero-order valence-electron chi connectivity index (χ0n) is 21.4. The fourth-order valence-electron chi connectivity index (χ4n) is 3.75. The second-order valence-corrected chi connectivity index (χ2v) is 9.44. The van der Waals surface area contributed by atoms with Crippen molar-refractivity contribution in [2.75, 3.05) is 13.1 Å². The van der Waals surface area contributed by atoms with E-state index in [-0.39, 0.29) is 44.2 Å². The Labute approximate surface area is 211 Å². The van der Waals surface area contributed by atoms with Gasteiger partial charge >= 0.3 is 0 Å². The van der Waals surface area contributed by atoms with Gasteiger partial charge in [0.05, 0.1) is 0 Å². The average Bonchev–Trinajstić information content (AvgIpc) is 2.84. The number of hydrogen-bond donors (Lipinski definition) is 6. The molecule has 1 heterocycles. The van der Waals surface area contributed by atoms with Crippen LogP contribution in [0.2, 0.25) is 0 Å². The van der Waals surface area contributed by atoms with Crippen molar-refractivity contribution in [1.82, 2.24) is 26.6 Å². The molecule has 198 valence electrons. The van der Waals surface area contributed by atoms with E-state index in [1.165, 1.54) is 0 Å². The molecule has 1 aromatic carbocycles. The third-order valence-corrected chi connectivity index (χ3v) is 6.15. The van der Waals surface area contributed by atoms with Crippen LogP contribution < -0.4 is 32.3 Å². The lowest BCUT2D eigenvalue weighted by molar-refractivity contribution is -0.138. The molecule has 0 aromatic heterocycles. The van der Waals surface area contributed by atoms with Gasteiger partial charge in [0.2, 0.25) is 29.5 Å². The maximum atomic E-state index is 13.3. The molecule has 0 aliphatic carbocycles. The van der Waals surface area contributed by atoms with E-state index in [1.807, 2.05) is 0 Å². The highest BCUT2D eigenvalue weighted by Crippen LogP contribution is 2.16. The lowest BCUT2D eigenvalue weighted by atomic mass is 9.94. The van der Waals surface area contributed by atoms with E-state index < -0.39 is 47.3 Å². The van der Waals surface area contributed by atoms with E-state index in [9.17, 15) is 24.0 Å². The van der Waals surface area contributed by atoms with Gasteiger partial charge in [0.25, 0.3) is 0 Å². The molecule has 0 saturated carbocycles. The Morgan fingerprint density at radius 1 is 1.03 bits per heavy atom. The molecule has 11 nitrogen and oxygen atoms in total. The van der Waals surface area contributed by atoms with E-state index in [0.717, 1.165) is 0 Å². The van der Waals surface area contributed by atoms with Crippen LogP contribution in [0.5, 0.6) is 0 Å². The minimum absolute atomic E-state index is 0.0330. The minimum Gasteiger partial charge on any atom is -0.354 e. The monoisotopic (exact) mass is 502 g/mol. The van der Waals surface area contributed by atoms with Gasteiger partial charge in [-0.25, -0.2) is 0 Å². The molecule has 0 spiro atoms. The highest BCUT2D eigenvalue weighted by molar-refractivity contribution is 5.97. The summed E-state index contributed by atoms with van der Waals surface area (Å²) in [5.74, 6) is -2.91. The second kappa shape index (κ2) is 13.0. The van der Waals surface area contributed by atoms with Crippen molar-refractivity contribution in [3.63, 3.8) is 0 Å². The number of nitrogens with one attached hydrogen (secondary N) is 5. The van der Waals surface area contributed by atoms with Crippen molar-refractivity contribution in [3.8, 4) is 0 Å². The van der Waals surface area contributed by atoms with Crippen molar-refractivity contribution < 1.29 is 24.0 Å². The summed E-state index contributed by atoms with van der Waals surface area (Å²) in [5, 5.41) is 13.6. The van der Waals surface area contributed by atoms with Gasteiger partial charge in [0.15, 0.2) is 0 Å². The molecule has 2 rings (SSSR count). The van der Waals surface area contributed by atoms with Gasteiger partial charge in [0.1, 0.15) is 23.7 Å². The SMILES string of the molecule is CC[C@@H]1NC(=O)[C@H](CCN)NC(=O)[C@](C)(NC(=O)C(C)C)CCNC(=O)[C@@H](c2ccccc2)NC1=O. The molecule has 1 aliphatic rings. The molecule has 1 aliphatic heterocycles. The fraction of sp³-hybridized carbons (Fsp3) is 0.560. The lowest BCUT2D eigenvalue weighted by Crippen LogP contribution is -2.63. The van der Waals surface area contributed by atoms with Gasteiger partial charge in [-0.3, -0.25) is 24.0 Å². The summed E-state index contributed by atoms with van der Waals surface area (Å²) in [6.07, 6.45) is 0.437. The normalized spacial score (nSPS) is 26.2. The van der Waals surface area contributed by atoms with Crippen molar-refractivity contribution in [3.05, 3.63) is 35.9 Å². The van der Waals surface area contributed by atoms with Crippen LogP contribution in [0.1, 0.15) is 58.6 Å². The smallest absolute Gasteiger partial charge is 0.247 e. The maximum absolute atomic E-state index is 13.3. The maximum Gasteiger partial charge on any atom is 0.247 e. The predicted molar refractivity (Wildman–Crippen MR) is 134 cm³/mol. The van der Waals surface area contributed by atoms with Gasteiger partial charge in [-0.05, 0) is 38.3 Å². The first-order valence-electron chi connectivity index (χ1n) is 12.3. The number of amides is 5. The van der Waals surface area contributed by atoms with Crippen LogP contribution in [0.4, 0.5) is 0 Å². The summed E-state index contributed by atoms with van der Waals surface area (Å²) < 4.78 is 0. The minimum atomic E-state index is -1.42. The summed E-state index contributed by atoms with van der Waals surface area (Å²) >= 11 is 0. The molecular formula is C25H38N6O5. The average molecular weight is 503 g/mol. The number of nitrogens with two attached hydrogens (primary N) is 1. The topological polar surface area (TPSA) is 172 Å². The summed E-state index contributed by atoms with van der Waals surface area (Å²) in [5.41, 5.74) is 4.83. The molecule has 1 fully saturated rings. The van der Waals surface area contributed by atoms with Crippen LogP contribution in [0.25, 0.3) is 0 Å². The molecule has 11 heteroatoms. The molecule has 7 N–H and O–H groups in total. The Hall–Kier alpha value is -3.47. The van der Waals surface area contributed by atoms with E-state index in [0.29, 0.717) is 5.56 Å². The van der Waals surface area contributed by atoms with Gasteiger partial charge in [-0.15, -0.1) is 0 Å². The number of carbonyl (C=O) groups excluding carboxylic acids is 5. The van der Waals surface area contributed by atoms with Crippen LogP contribution in [-0.4, -0.2) is 60.2 Å². The first-order chi connectivity index (χ1) is 17.0. The molecule has 5 amide bonds. The summed E-state index contributed by atoms with van der Waals surface area (Å²) in [6, 6.07) is 5.75. The lowest BCUT2D eigenvalue weighted by Gasteiger charge is -2.33. The van der Waals surface area contributed by atoms with Crippen LogP contribution in [0, 0.1) is 5.92 Å². The highest BCUT2D eigenvalue weighted by atomic mass is 16.2. The van der Waals surface area contributed by atoms with Crippen molar-refractivity contribution in [2.24, 2.45) is 11.7 Å². The fourth-order valence-corrected chi connectivity index (χ4v) is 3.75. The van der Waals surface area contributed by atoms with Gasteiger partial charge in [-0.2, -0.15) is 0 Å². The highest BCUT2D eigenvalue weighted by Gasteiger charge is 2.38. The Balaban J connectivity index is 2.45. The number of hydrogen-bond acceptors (Lipinski definition) is 6. The Morgan fingerprint density at radius 3 is 2.25 bits per heavy atom. The van der Waals surface area contributed by atoms with E-state index in [1.54, 1.807) is 58.0 Å². The summed E-state index contributed by atoms with van der Waals surface area (Å²) in [7, 11) is 0. The quantitative estimate of drug-likeness (QED) is 0.310. The first kappa shape index (κ1) is 28.8. The van der Waals surface area contributed by atoms with Crippen molar-refractivity contribution >= 4 is 29.5 Å². The van der Waals surface area contributed by atoms with Crippen LogP contribution in [-0.2, 0) is 24.0 Å². The van der Waals surface area contributed by atoms with Gasteiger partial charge < -0.3 is 32.3 Å². The van der Waals surface area contributed by atoms with Crippen molar-refractivity contribution in [2.45, 2.75) is 70.6 Å². The molecule has 1 aromatic rings. The van der Waals surface area contributed by atoms with E-state index in [4.69, 9.17) is 5.73 Å². The molecular weight excluding hydrogens is 464 g/mol. The summed E-state index contributed by atoms with van der Waals surface area (Å²) in [4.78, 5) is 65.1. The van der Waals surface area contributed by atoms with Crippen molar-refractivity contribution in [1.29, 1.82) is 0 Å². The Bertz CT molecular complexity index is 954. The molecule has 0 unspecified atom stereocenters. The summed E-state index contributed by atoms with van der Waals surface area (Å²) in [6.45, 7) is 6.81. The van der Waals surface area contributed by atoms with Crippen LogP contribution in [0.3, 0.4) is 0 Å². The molecule has 0 bridgehead atoms. The zero-order chi connectivity index (χ0) is 26.9. The van der Waals surface area contributed by atoms with E-state index in [2.05, 4.69) is 26.6 Å². The van der Waals surface area contributed by atoms with Gasteiger partial charge in [0, 0.05) is 12.5 Å². The number of benzene rings is 1. The van der Waals surface area contributed by atoms with Crippen LogP contribution in [0.15, 0.2) is 30.3 Å². The third kappa shape index (κ3) is 7.51. The predicted octanol–water partition coefficient (Wildman–Crippen LogP) is -0.377.